The highest BCUT2D eigenvalue weighted by atomic mass is 16.6. The number of benzene rings is 3. The second-order valence-electron chi connectivity index (χ2n) is 6.26. The fourth-order valence-corrected chi connectivity index (χ4v) is 2.85. The predicted molar refractivity (Wildman–Crippen MR) is 107 cm³/mol. The fraction of sp³-hybridized carbons (Fsp3) is 0.190. The number of carbonyl (C=O) groups is 1. The minimum Gasteiger partial charge on any atom is -0.383 e. The molecule has 3 aromatic carbocycles. The number of carbonyl (C=O) groups excluding carboxylic acids is 1. The maximum Gasteiger partial charge on any atom is 0.269 e. The Hall–Kier alpha value is -3.41. The van der Waals surface area contributed by atoms with E-state index in [1.165, 1.54) is 22.9 Å². The molecule has 0 unspecified atom stereocenters. The Labute approximate surface area is 157 Å². The number of anilines is 1. The van der Waals surface area contributed by atoms with Crippen LogP contribution in [0.25, 0.3) is 10.8 Å². The molecule has 0 aliphatic heterocycles. The number of fused-ring (bicyclic) bond motifs is 1. The Kier molecular flexibility index (Phi) is 5.99. The molecule has 0 aromatic heterocycles. The molecule has 0 saturated carbocycles. The van der Waals surface area contributed by atoms with Crippen LogP contribution in [0.2, 0.25) is 0 Å². The standard InChI is InChI=1S/C21H21N3O3/c25-21(12-6-16-5-7-17-3-1-2-4-18(17)15-16)23-14-13-22-19-8-10-20(11-9-19)24(26)27/h1-5,7-11,15,22H,6,12-14H2,(H,23,25). The lowest BCUT2D eigenvalue weighted by Crippen LogP contribution is -2.28. The molecule has 0 fully saturated rings. The number of rotatable bonds is 8. The molecular formula is C21H21N3O3. The fourth-order valence-electron chi connectivity index (χ4n) is 2.85. The zero-order valence-corrected chi connectivity index (χ0v) is 14.9. The predicted octanol–water partition coefficient (Wildman–Crippen LogP) is 3.91. The zero-order valence-electron chi connectivity index (χ0n) is 14.9. The van der Waals surface area contributed by atoms with Crippen molar-refractivity contribution in [1.82, 2.24) is 5.32 Å². The van der Waals surface area contributed by atoms with Gasteiger partial charge in [0, 0.05) is 37.3 Å². The Morgan fingerprint density at radius 1 is 0.926 bits per heavy atom. The zero-order chi connectivity index (χ0) is 19.1. The van der Waals surface area contributed by atoms with Gasteiger partial charge in [0.2, 0.25) is 5.91 Å². The van der Waals surface area contributed by atoms with Gasteiger partial charge in [0.15, 0.2) is 0 Å². The van der Waals surface area contributed by atoms with Gasteiger partial charge in [-0.05, 0) is 34.9 Å². The van der Waals surface area contributed by atoms with Crippen molar-refractivity contribution in [1.29, 1.82) is 0 Å². The molecule has 3 rings (SSSR count). The van der Waals surface area contributed by atoms with E-state index in [0.29, 0.717) is 25.9 Å². The molecule has 0 saturated heterocycles. The van der Waals surface area contributed by atoms with Crippen LogP contribution >= 0.6 is 0 Å². The van der Waals surface area contributed by atoms with E-state index in [1.807, 2.05) is 12.1 Å². The molecule has 3 aromatic rings. The summed E-state index contributed by atoms with van der Waals surface area (Å²) in [6, 6.07) is 20.6. The molecule has 6 nitrogen and oxygen atoms in total. The minimum absolute atomic E-state index is 0.00802. The van der Waals surface area contributed by atoms with Gasteiger partial charge < -0.3 is 10.6 Å². The molecule has 0 aliphatic carbocycles. The highest BCUT2D eigenvalue weighted by molar-refractivity contribution is 5.83. The number of nitrogens with one attached hydrogen (secondary N) is 2. The van der Waals surface area contributed by atoms with Crippen molar-refractivity contribution in [2.24, 2.45) is 0 Å². The number of hydrogen-bond acceptors (Lipinski definition) is 4. The SMILES string of the molecule is O=C(CCc1ccc2ccccc2c1)NCCNc1ccc([N+](=O)[O-])cc1. The number of nitro benzene ring substituents is 1. The van der Waals surface area contributed by atoms with Crippen LogP contribution in [-0.4, -0.2) is 23.9 Å². The number of nitro groups is 1. The van der Waals surface area contributed by atoms with Crippen LogP contribution in [0.3, 0.4) is 0 Å². The molecule has 2 N–H and O–H groups in total. The number of non-ortho nitro benzene ring substituents is 1. The maximum atomic E-state index is 12.0. The van der Waals surface area contributed by atoms with E-state index < -0.39 is 4.92 Å². The van der Waals surface area contributed by atoms with Gasteiger partial charge in [-0.1, -0.05) is 42.5 Å². The average molecular weight is 363 g/mol. The first-order chi connectivity index (χ1) is 13.1. The first kappa shape index (κ1) is 18.4. The van der Waals surface area contributed by atoms with E-state index in [9.17, 15) is 14.9 Å². The third-order valence-electron chi connectivity index (χ3n) is 4.31. The van der Waals surface area contributed by atoms with E-state index in [4.69, 9.17) is 0 Å². The number of amides is 1. The van der Waals surface area contributed by atoms with E-state index >= 15 is 0 Å². The van der Waals surface area contributed by atoms with Crippen molar-refractivity contribution in [3.05, 3.63) is 82.4 Å². The smallest absolute Gasteiger partial charge is 0.269 e. The normalized spacial score (nSPS) is 10.5. The monoisotopic (exact) mass is 363 g/mol. The summed E-state index contributed by atoms with van der Waals surface area (Å²) in [6.07, 6.45) is 1.14. The Balaban J connectivity index is 1.38. The second kappa shape index (κ2) is 8.80. The summed E-state index contributed by atoms with van der Waals surface area (Å²) < 4.78 is 0. The topological polar surface area (TPSA) is 84.3 Å². The van der Waals surface area contributed by atoms with Gasteiger partial charge >= 0.3 is 0 Å². The second-order valence-corrected chi connectivity index (χ2v) is 6.26. The molecule has 27 heavy (non-hydrogen) atoms. The highest BCUT2D eigenvalue weighted by Gasteiger charge is 2.05. The quantitative estimate of drug-likeness (QED) is 0.361. The Bertz CT molecular complexity index is 939. The summed E-state index contributed by atoms with van der Waals surface area (Å²) >= 11 is 0. The molecule has 0 radical (unpaired) electrons. The van der Waals surface area contributed by atoms with Gasteiger partial charge in [0.05, 0.1) is 4.92 Å². The Morgan fingerprint density at radius 3 is 2.41 bits per heavy atom. The van der Waals surface area contributed by atoms with Crippen molar-refractivity contribution in [3.8, 4) is 0 Å². The summed E-state index contributed by atoms with van der Waals surface area (Å²) in [7, 11) is 0. The third kappa shape index (κ3) is 5.28. The number of hydrogen-bond donors (Lipinski definition) is 2. The number of nitrogens with zero attached hydrogens (tertiary/aromatic N) is 1. The summed E-state index contributed by atoms with van der Waals surface area (Å²) in [5.41, 5.74) is 1.99. The molecule has 6 heteroatoms. The van der Waals surface area contributed by atoms with Crippen molar-refractivity contribution in [2.75, 3.05) is 18.4 Å². The highest BCUT2D eigenvalue weighted by Crippen LogP contribution is 2.17. The van der Waals surface area contributed by atoms with Crippen molar-refractivity contribution < 1.29 is 9.72 Å². The van der Waals surface area contributed by atoms with Gasteiger partial charge in [0.1, 0.15) is 0 Å². The first-order valence-electron chi connectivity index (χ1n) is 8.84. The van der Waals surface area contributed by atoms with Gasteiger partial charge in [0.25, 0.3) is 5.69 Å². The van der Waals surface area contributed by atoms with Crippen LogP contribution < -0.4 is 10.6 Å². The van der Waals surface area contributed by atoms with Crippen molar-refractivity contribution >= 4 is 28.1 Å². The molecule has 0 aliphatic rings. The van der Waals surface area contributed by atoms with E-state index in [1.54, 1.807) is 12.1 Å². The van der Waals surface area contributed by atoms with E-state index in [-0.39, 0.29) is 11.6 Å². The first-order valence-corrected chi connectivity index (χ1v) is 8.84. The molecule has 0 spiro atoms. The molecular weight excluding hydrogens is 342 g/mol. The lowest BCUT2D eigenvalue weighted by atomic mass is 10.0. The van der Waals surface area contributed by atoms with E-state index in [2.05, 4.69) is 41.0 Å². The van der Waals surface area contributed by atoms with Crippen molar-refractivity contribution in [3.63, 3.8) is 0 Å². The average Bonchev–Trinajstić information content (AvgIpc) is 2.70. The molecule has 138 valence electrons. The van der Waals surface area contributed by atoms with Crippen LogP contribution in [0.15, 0.2) is 66.7 Å². The van der Waals surface area contributed by atoms with Crippen LogP contribution in [0, 0.1) is 10.1 Å². The summed E-state index contributed by atoms with van der Waals surface area (Å²) in [4.78, 5) is 22.2. The third-order valence-corrected chi connectivity index (χ3v) is 4.31. The van der Waals surface area contributed by atoms with E-state index in [0.717, 1.165) is 11.3 Å². The van der Waals surface area contributed by atoms with Crippen molar-refractivity contribution in [2.45, 2.75) is 12.8 Å². The number of aryl methyl sites for hydroxylation is 1. The van der Waals surface area contributed by atoms with Crippen LogP contribution in [0.1, 0.15) is 12.0 Å². The van der Waals surface area contributed by atoms with Crippen LogP contribution in [0.4, 0.5) is 11.4 Å². The Morgan fingerprint density at radius 2 is 1.67 bits per heavy atom. The molecule has 0 bridgehead atoms. The summed E-state index contributed by atoms with van der Waals surface area (Å²) in [5.74, 6) is 0.00802. The summed E-state index contributed by atoms with van der Waals surface area (Å²) in [5, 5.41) is 19.0. The molecule has 1 amide bonds. The largest absolute Gasteiger partial charge is 0.383 e. The van der Waals surface area contributed by atoms with Gasteiger partial charge in [-0.2, -0.15) is 0 Å². The molecule has 0 heterocycles. The minimum atomic E-state index is -0.431. The van der Waals surface area contributed by atoms with Gasteiger partial charge in [-0.15, -0.1) is 0 Å². The summed E-state index contributed by atoms with van der Waals surface area (Å²) in [6.45, 7) is 1.05. The lowest BCUT2D eigenvalue weighted by molar-refractivity contribution is -0.384. The lowest BCUT2D eigenvalue weighted by Gasteiger charge is -2.08. The van der Waals surface area contributed by atoms with Crippen LogP contribution in [0.5, 0.6) is 0 Å². The molecule has 0 atom stereocenters. The maximum absolute atomic E-state index is 12.0. The van der Waals surface area contributed by atoms with Gasteiger partial charge in [-0.25, -0.2) is 0 Å². The van der Waals surface area contributed by atoms with Gasteiger partial charge in [-0.3, -0.25) is 14.9 Å². The van der Waals surface area contributed by atoms with Crippen LogP contribution in [-0.2, 0) is 11.2 Å².